The van der Waals surface area contributed by atoms with E-state index >= 15 is 0 Å². The van der Waals surface area contributed by atoms with Gasteiger partial charge in [0.25, 0.3) is 11.5 Å². The zero-order chi connectivity index (χ0) is 22.7. The van der Waals surface area contributed by atoms with Crippen molar-refractivity contribution in [3.63, 3.8) is 0 Å². The number of carbonyl (C=O) groups is 1. The second-order valence-corrected chi connectivity index (χ2v) is 8.88. The van der Waals surface area contributed by atoms with Crippen LogP contribution < -0.4 is 25.2 Å². The predicted molar refractivity (Wildman–Crippen MR) is 123 cm³/mol. The Morgan fingerprint density at radius 2 is 2.09 bits per heavy atom. The third kappa shape index (κ3) is 4.55. The first-order valence-electron chi connectivity index (χ1n) is 10.6. The Balaban J connectivity index is 1.44. The highest BCUT2D eigenvalue weighted by molar-refractivity contribution is 7.20. The van der Waals surface area contributed by atoms with E-state index in [2.05, 4.69) is 27.2 Å². The average molecular weight is 458 g/mol. The Hall–Kier alpha value is -3.14. The number of nitrogens with zero attached hydrogens (tertiary/aromatic N) is 4. The van der Waals surface area contributed by atoms with Crippen LogP contribution in [0.5, 0.6) is 11.5 Å². The van der Waals surface area contributed by atoms with Crippen LogP contribution in [0.1, 0.15) is 35.7 Å². The number of hydrogen-bond acceptors (Lipinski definition) is 8. The summed E-state index contributed by atoms with van der Waals surface area (Å²) >= 11 is 1.37. The summed E-state index contributed by atoms with van der Waals surface area (Å²) in [6.45, 7) is 4.42. The zero-order valence-electron chi connectivity index (χ0n) is 18.5. The highest BCUT2D eigenvalue weighted by Gasteiger charge is 2.22. The number of ether oxygens (including phenoxy) is 2. The molecule has 2 aromatic heterocycles. The van der Waals surface area contributed by atoms with Crippen molar-refractivity contribution in [3.8, 4) is 11.5 Å². The van der Waals surface area contributed by atoms with E-state index in [1.54, 1.807) is 14.2 Å². The van der Waals surface area contributed by atoms with Crippen LogP contribution in [0.2, 0.25) is 0 Å². The molecule has 0 aliphatic carbocycles. The molecular formula is C22H27N5O4S. The number of methoxy groups -OCH3 is 2. The van der Waals surface area contributed by atoms with Gasteiger partial charge in [-0.2, -0.15) is 4.52 Å². The zero-order valence-corrected chi connectivity index (χ0v) is 19.3. The van der Waals surface area contributed by atoms with E-state index in [0.29, 0.717) is 35.3 Å². The second-order valence-electron chi connectivity index (χ2n) is 7.94. The fraction of sp³-hybridized carbons (Fsp3) is 0.455. The first kappa shape index (κ1) is 22.1. The molecule has 0 radical (unpaired) electrons. The summed E-state index contributed by atoms with van der Waals surface area (Å²) in [6, 6.07) is 5.60. The predicted octanol–water partition coefficient (Wildman–Crippen LogP) is 2.38. The molecule has 1 aliphatic rings. The smallest absolute Gasteiger partial charge is 0.288 e. The van der Waals surface area contributed by atoms with Crippen molar-refractivity contribution in [1.82, 2.24) is 19.9 Å². The largest absolute Gasteiger partial charge is 0.493 e. The van der Waals surface area contributed by atoms with Crippen molar-refractivity contribution in [2.45, 2.75) is 26.2 Å². The van der Waals surface area contributed by atoms with Gasteiger partial charge >= 0.3 is 0 Å². The first-order chi connectivity index (χ1) is 15.5. The maximum Gasteiger partial charge on any atom is 0.288 e. The van der Waals surface area contributed by atoms with Gasteiger partial charge in [0.15, 0.2) is 11.5 Å². The Morgan fingerprint density at radius 3 is 2.84 bits per heavy atom. The summed E-state index contributed by atoms with van der Waals surface area (Å²) in [5, 5.41) is 8.02. The SMILES string of the molecule is COc1ccc(CCNC(=O)c2cnc3sc(N4CCC[C@@H](C)C4)nn3c2=O)cc1OC. The second kappa shape index (κ2) is 9.56. The normalized spacial score (nSPS) is 16.2. The number of piperidine rings is 1. The highest BCUT2D eigenvalue weighted by atomic mass is 32.1. The van der Waals surface area contributed by atoms with E-state index in [1.165, 1.54) is 28.5 Å². The van der Waals surface area contributed by atoms with Crippen LogP contribution in [-0.2, 0) is 6.42 Å². The van der Waals surface area contributed by atoms with Crippen molar-refractivity contribution < 1.29 is 14.3 Å². The fourth-order valence-electron chi connectivity index (χ4n) is 3.87. The van der Waals surface area contributed by atoms with Gasteiger partial charge in [0.05, 0.1) is 14.2 Å². The Morgan fingerprint density at radius 1 is 1.28 bits per heavy atom. The van der Waals surface area contributed by atoms with Crippen molar-refractivity contribution in [3.05, 3.63) is 45.9 Å². The van der Waals surface area contributed by atoms with Crippen molar-refractivity contribution in [2.75, 3.05) is 38.8 Å². The average Bonchev–Trinajstić information content (AvgIpc) is 3.24. The number of hydrogen-bond donors (Lipinski definition) is 1. The van der Waals surface area contributed by atoms with Crippen LogP contribution in [0.25, 0.3) is 4.96 Å². The first-order valence-corrected chi connectivity index (χ1v) is 11.4. The van der Waals surface area contributed by atoms with Gasteiger partial charge in [-0.25, -0.2) is 4.98 Å². The van der Waals surface area contributed by atoms with Crippen molar-refractivity contribution in [2.24, 2.45) is 5.92 Å². The van der Waals surface area contributed by atoms with Crippen LogP contribution in [0, 0.1) is 5.92 Å². The lowest BCUT2D eigenvalue weighted by atomic mass is 10.0. The summed E-state index contributed by atoms with van der Waals surface area (Å²) < 4.78 is 11.8. The van der Waals surface area contributed by atoms with Gasteiger partial charge in [-0.15, -0.1) is 5.10 Å². The molecular weight excluding hydrogens is 430 g/mol. The number of amides is 1. The molecule has 0 saturated carbocycles. The Labute approximate surface area is 190 Å². The van der Waals surface area contributed by atoms with Gasteiger partial charge in [-0.3, -0.25) is 9.59 Å². The minimum atomic E-state index is -0.460. The molecule has 0 bridgehead atoms. The van der Waals surface area contributed by atoms with E-state index in [1.807, 2.05) is 18.2 Å². The van der Waals surface area contributed by atoms with Gasteiger partial charge in [-0.1, -0.05) is 24.3 Å². The molecule has 1 aliphatic heterocycles. The lowest BCUT2D eigenvalue weighted by Crippen LogP contribution is -2.35. The van der Waals surface area contributed by atoms with E-state index < -0.39 is 11.5 Å². The summed E-state index contributed by atoms with van der Waals surface area (Å²) in [5.74, 6) is 1.41. The van der Waals surface area contributed by atoms with Gasteiger partial charge < -0.3 is 19.7 Å². The Bertz CT molecular complexity index is 1170. The van der Waals surface area contributed by atoms with Crippen LogP contribution >= 0.6 is 11.3 Å². The van der Waals surface area contributed by atoms with Gasteiger partial charge in [0.2, 0.25) is 10.1 Å². The van der Waals surface area contributed by atoms with Gasteiger partial charge in [0, 0.05) is 25.8 Å². The number of nitrogens with one attached hydrogen (secondary N) is 1. The van der Waals surface area contributed by atoms with Gasteiger partial charge in [-0.05, 0) is 42.9 Å². The third-order valence-electron chi connectivity index (χ3n) is 5.60. The third-order valence-corrected chi connectivity index (χ3v) is 6.58. The quantitative estimate of drug-likeness (QED) is 0.582. The molecule has 32 heavy (non-hydrogen) atoms. The number of benzene rings is 1. The van der Waals surface area contributed by atoms with Gasteiger partial charge in [0.1, 0.15) is 5.56 Å². The van der Waals surface area contributed by atoms with Crippen LogP contribution in [0.4, 0.5) is 5.13 Å². The molecule has 3 aromatic rings. The molecule has 1 saturated heterocycles. The Kier molecular flexibility index (Phi) is 6.59. The van der Waals surface area contributed by atoms with E-state index in [0.717, 1.165) is 30.2 Å². The lowest BCUT2D eigenvalue weighted by Gasteiger charge is -2.30. The van der Waals surface area contributed by atoms with E-state index in [4.69, 9.17) is 9.47 Å². The minimum absolute atomic E-state index is 0.0151. The number of anilines is 1. The number of carbonyl (C=O) groups excluding carboxylic acids is 1. The maximum absolute atomic E-state index is 12.9. The molecule has 1 atom stereocenters. The molecule has 170 valence electrons. The summed E-state index contributed by atoms with van der Waals surface area (Å²) in [5.41, 5.74) is 0.512. The van der Waals surface area contributed by atoms with Crippen molar-refractivity contribution >= 4 is 27.3 Å². The molecule has 1 aromatic carbocycles. The maximum atomic E-state index is 12.9. The highest BCUT2D eigenvalue weighted by Crippen LogP contribution is 2.28. The standard InChI is InChI=1S/C22H27N5O4S/c1-14-5-4-10-26(13-14)22-25-27-20(29)16(12-24-21(27)32-22)19(28)23-9-8-15-6-7-17(30-2)18(11-15)31-3/h6-7,11-12,14H,4-5,8-10,13H2,1-3H3,(H,23,28)/t14-/m1/s1. The molecule has 3 heterocycles. The molecule has 1 fully saturated rings. The van der Waals surface area contributed by atoms with Crippen LogP contribution in [-0.4, -0.2) is 54.4 Å². The molecule has 4 rings (SSSR count). The van der Waals surface area contributed by atoms with E-state index in [9.17, 15) is 9.59 Å². The van der Waals surface area contributed by atoms with Crippen molar-refractivity contribution in [1.29, 1.82) is 0 Å². The molecule has 0 unspecified atom stereocenters. The number of fused-ring (bicyclic) bond motifs is 1. The van der Waals surface area contributed by atoms with E-state index in [-0.39, 0.29) is 5.56 Å². The summed E-state index contributed by atoms with van der Waals surface area (Å²) in [7, 11) is 3.16. The number of aromatic nitrogens is 3. The summed E-state index contributed by atoms with van der Waals surface area (Å²) in [6.07, 6.45) is 4.22. The lowest BCUT2D eigenvalue weighted by molar-refractivity contribution is 0.0952. The van der Waals surface area contributed by atoms with Crippen LogP contribution in [0.3, 0.4) is 0 Å². The minimum Gasteiger partial charge on any atom is -0.493 e. The molecule has 10 heteroatoms. The molecule has 9 nitrogen and oxygen atoms in total. The topological polar surface area (TPSA) is 98.1 Å². The molecule has 1 N–H and O–H groups in total. The number of rotatable bonds is 7. The van der Waals surface area contributed by atoms with Crippen LogP contribution in [0.15, 0.2) is 29.2 Å². The summed E-state index contributed by atoms with van der Waals surface area (Å²) in [4.78, 5) is 32.5. The fourth-order valence-corrected chi connectivity index (χ4v) is 4.77. The monoisotopic (exact) mass is 457 g/mol. The molecule has 1 amide bonds. The molecule has 0 spiro atoms.